The molecule has 0 saturated heterocycles. The first kappa shape index (κ1) is 19.4. The summed E-state index contributed by atoms with van der Waals surface area (Å²) in [6.07, 6.45) is 0.164. The van der Waals surface area contributed by atoms with Crippen LogP contribution in [0.1, 0.15) is 41.8 Å². The number of amides is 2. The molecule has 5 nitrogen and oxygen atoms in total. The summed E-state index contributed by atoms with van der Waals surface area (Å²) in [5, 5.41) is 2.78. The van der Waals surface area contributed by atoms with Gasteiger partial charge in [-0.25, -0.2) is 0 Å². The fourth-order valence-corrected chi connectivity index (χ4v) is 2.83. The van der Waals surface area contributed by atoms with Crippen molar-refractivity contribution in [1.29, 1.82) is 0 Å². The predicted molar refractivity (Wildman–Crippen MR) is 104 cm³/mol. The molecule has 2 aromatic carbocycles. The smallest absolute Gasteiger partial charge is 0.226 e. The molecule has 0 fully saturated rings. The fourth-order valence-electron chi connectivity index (χ4n) is 2.83. The first-order valence-electron chi connectivity index (χ1n) is 8.53. The molecular weight excluding hydrogens is 328 g/mol. The van der Waals surface area contributed by atoms with E-state index >= 15 is 0 Å². The van der Waals surface area contributed by atoms with E-state index < -0.39 is 0 Å². The van der Waals surface area contributed by atoms with Gasteiger partial charge in [0.2, 0.25) is 11.8 Å². The zero-order valence-corrected chi connectivity index (χ0v) is 15.6. The van der Waals surface area contributed by atoms with Crippen LogP contribution >= 0.6 is 0 Å². The minimum Gasteiger partial charge on any atom is -0.326 e. The lowest BCUT2D eigenvalue weighted by molar-refractivity contribution is -0.117. The molecule has 0 aliphatic carbocycles. The molecule has 1 N–H and O–H groups in total. The van der Waals surface area contributed by atoms with Crippen molar-refractivity contribution in [3.63, 3.8) is 0 Å². The van der Waals surface area contributed by atoms with Crippen LogP contribution in [0.5, 0.6) is 0 Å². The van der Waals surface area contributed by atoms with Gasteiger partial charge in [-0.2, -0.15) is 0 Å². The van der Waals surface area contributed by atoms with Crippen molar-refractivity contribution in [3.8, 4) is 0 Å². The summed E-state index contributed by atoms with van der Waals surface area (Å²) in [5.41, 5.74) is 4.04. The van der Waals surface area contributed by atoms with Crippen LogP contribution in [0.15, 0.2) is 42.5 Å². The van der Waals surface area contributed by atoms with Crippen molar-refractivity contribution in [2.45, 2.75) is 34.1 Å². The van der Waals surface area contributed by atoms with Crippen molar-refractivity contribution in [3.05, 3.63) is 59.2 Å². The fraction of sp³-hybridized carbons (Fsp3) is 0.286. The molecule has 136 valence electrons. The van der Waals surface area contributed by atoms with Crippen LogP contribution in [-0.2, 0) is 9.59 Å². The molecular formula is C21H24N2O3. The maximum absolute atomic E-state index is 12.3. The predicted octanol–water partition coefficient (Wildman–Crippen LogP) is 3.89. The van der Waals surface area contributed by atoms with Gasteiger partial charge >= 0.3 is 0 Å². The molecule has 0 atom stereocenters. The van der Waals surface area contributed by atoms with E-state index in [2.05, 4.69) is 5.32 Å². The number of benzene rings is 2. The number of anilines is 2. The van der Waals surface area contributed by atoms with E-state index in [0.29, 0.717) is 11.3 Å². The number of rotatable bonds is 6. The van der Waals surface area contributed by atoms with Crippen LogP contribution in [-0.4, -0.2) is 24.1 Å². The number of ketones is 1. The second-order valence-corrected chi connectivity index (χ2v) is 6.45. The Bertz CT molecular complexity index is 823. The lowest BCUT2D eigenvalue weighted by atomic mass is 10.1. The number of carbonyl (C=O) groups excluding carboxylic acids is 3. The number of hydrogen-bond donors (Lipinski definition) is 1. The normalized spacial score (nSPS) is 10.3. The van der Waals surface area contributed by atoms with Crippen LogP contribution in [0.3, 0.4) is 0 Å². The Hall–Kier alpha value is -2.95. The van der Waals surface area contributed by atoms with Crippen molar-refractivity contribution in [2.75, 3.05) is 16.8 Å². The van der Waals surface area contributed by atoms with Crippen LogP contribution < -0.4 is 10.2 Å². The minimum atomic E-state index is -0.207. The number of carbonyl (C=O) groups is 3. The van der Waals surface area contributed by atoms with Gasteiger partial charge < -0.3 is 10.2 Å². The molecule has 0 aromatic heterocycles. The molecule has 0 aliphatic rings. The van der Waals surface area contributed by atoms with Gasteiger partial charge in [-0.05, 0) is 56.2 Å². The second kappa shape index (κ2) is 8.43. The molecule has 0 bridgehead atoms. The monoisotopic (exact) mass is 352 g/mol. The van der Waals surface area contributed by atoms with Gasteiger partial charge in [-0.15, -0.1) is 0 Å². The lowest BCUT2D eigenvalue weighted by Gasteiger charge is -2.22. The van der Waals surface area contributed by atoms with Crippen molar-refractivity contribution < 1.29 is 14.4 Å². The highest BCUT2D eigenvalue weighted by molar-refractivity contribution is 5.98. The summed E-state index contributed by atoms with van der Waals surface area (Å²) >= 11 is 0. The lowest BCUT2D eigenvalue weighted by Crippen LogP contribution is -2.32. The largest absolute Gasteiger partial charge is 0.326 e. The third-order valence-electron chi connectivity index (χ3n) is 4.01. The standard InChI is InChI=1S/C21H24N2O3/c1-14-10-15(2)12-20(11-14)23(17(4)25)9-8-21(26)22-19-7-5-6-18(13-19)16(3)24/h5-7,10-13H,8-9H2,1-4H3,(H,22,26). The van der Waals surface area contributed by atoms with Crippen LogP contribution in [0.2, 0.25) is 0 Å². The Morgan fingerprint density at radius 3 is 2.19 bits per heavy atom. The SMILES string of the molecule is CC(=O)c1cccc(NC(=O)CCN(C(C)=O)c2cc(C)cc(C)c2)c1. The van der Waals surface area contributed by atoms with E-state index in [9.17, 15) is 14.4 Å². The number of Topliss-reactive ketones (excluding diaryl/α,β-unsaturated/α-hetero) is 1. The highest BCUT2D eigenvalue weighted by Crippen LogP contribution is 2.19. The maximum Gasteiger partial charge on any atom is 0.226 e. The Morgan fingerprint density at radius 2 is 1.62 bits per heavy atom. The Kier molecular flexibility index (Phi) is 6.28. The van der Waals surface area contributed by atoms with Gasteiger partial charge in [0, 0.05) is 36.8 Å². The molecule has 0 saturated carbocycles. The first-order chi connectivity index (χ1) is 12.3. The molecule has 2 aromatic rings. The van der Waals surface area contributed by atoms with Gasteiger partial charge in [0.05, 0.1) is 0 Å². The number of hydrogen-bond acceptors (Lipinski definition) is 3. The molecule has 0 heterocycles. The highest BCUT2D eigenvalue weighted by atomic mass is 16.2. The van der Waals surface area contributed by atoms with Gasteiger partial charge in [0.1, 0.15) is 0 Å². The van der Waals surface area contributed by atoms with E-state index in [1.165, 1.54) is 13.8 Å². The molecule has 0 radical (unpaired) electrons. The summed E-state index contributed by atoms with van der Waals surface area (Å²) in [5.74, 6) is -0.374. The average Bonchev–Trinajstić information content (AvgIpc) is 2.54. The minimum absolute atomic E-state index is 0.0568. The van der Waals surface area contributed by atoms with Crippen molar-refractivity contribution >= 4 is 29.0 Å². The summed E-state index contributed by atoms with van der Waals surface area (Å²) in [6, 6.07) is 12.7. The molecule has 0 spiro atoms. The van der Waals surface area contributed by atoms with Crippen molar-refractivity contribution in [2.24, 2.45) is 0 Å². The first-order valence-corrected chi connectivity index (χ1v) is 8.53. The van der Waals surface area contributed by atoms with Gasteiger partial charge in [0.25, 0.3) is 0 Å². The number of aryl methyl sites for hydroxylation is 2. The van der Waals surface area contributed by atoms with Crippen LogP contribution in [0.4, 0.5) is 11.4 Å². The van der Waals surface area contributed by atoms with Crippen LogP contribution in [0.25, 0.3) is 0 Å². The summed E-state index contributed by atoms with van der Waals surface area (Å²) in [6.45, 7) is 7.21. The molecule has 0 unspecified atom stereocenters. The second-order valence-electron chi connectivity index (χ2n) is 6.45. The summed E-state index contributed by atoms with van der Waals surface area (Å²) < 4.78 is 0. The molecule has 5 heteroatoms. The van der Waals surface area contributed by atoms with E-state index in [-0.39, 0.29) is 30.6 Å². The molecule has 26 heavy (non-hydrogen) atoms. The molecule has 2 rings (SSSR count). The average molecular weight is 352 g/mol. The Labute approximate surface area is 154 Å². The van der Waals surface area contributed by atoms with E-state index in [4.69, 9.17) is 0 Å². The van der Waals surface area contributed by atoms with Crippen molar-refractivity contribution in [1.82, 2.24) is 0 Å². The van der Waals surface area contributed by atoms with Gasteiger partial charge in [0.15, 0.2) is 5.78 Å². The van der Waals surface area contributed by atoms with Crippen LogP contribution in [0, 0.1) is 13.8 Å². The third-order valence-corrected chi connectivity index (χ3v) is 4.01. The number of nitrogens with one attached hydrogen (secondary N) is 1. The molecule has 2 amide bonds. The zero-order valence-electron chi connectivity index (χ0n) is 15.6. The molecule has 0 aliphatic heterocycles. The maximum atomic E-state index is 12.3. The topological polar surface area (TPSA) is 66.5 Å². The highest BCUT2D eigenvalue weighted by Gasteiger charge is 2.14. The third kappa shape index (κ3) is 5.28. The van der Waals surface area contributed by atoms with E-state index in [1.54, 1.807) is 29.2 Å². The summed E-state index contributed by atoms with van der Waals surface area (Å²) in [7, 11) is 0. The van der Waals surface area contributed by atoms with Gasteiger partial charge in [-0.1, -0.05) is 18.2 Å². The summed E-state index contributed by atoms with van der Waals surface area (Å²) in [4.78, 5) is 37.3. The number of nitrogens with zero attached hydrogens (tertiary/aromatic N) is 1. The Morgan fingerprint density at radius 1 is 0.962 bits per heavy atom. The van der Waals surface area contributed by atoms with E-state index in [1.807, 2.05) is 32.0 Å². The quantitative estimate of drug-likeness (QED) is 0.802. The zero-order chi connectivity index (χ0) is 19.3. The van der Waals surface area contributed by atoms with Gasteiger partial charge in [-0.3, -0.25) is 14.4 Å². The van der Waals surface area contributed by atoms with E-state index in [0.717, 1.165) is 16.8 Å². The Balaban J connectivity index is 2.05.